The minimum Gasteiger partial charge on any atom is -0.278 e. The van der Waals surface area contributed by atoms with Gasteiger partial charge in [0.05, 0.1) is 5.69 Å². The average molecular weight is 192 g/mol. The van der Waals surface area contributed by atoms with Crippen molar-refractivity contribution in [1.82, 2.24) is 14.3 Å². The number of aromatic nitrogens is 3. The van der Waals surface area contributed by atoms with E-state index in [0.717, 1.165) is 11.4 Å². The molecule has 0 fully saturated rings. The van der Waals surface area contributed by atoms with Crippen LogP contribution in [0.3, 0.4) is 0 Å². The van der Waals surface area contributed by atoms with Gasteiger partial charge in [0.1, 0.15) is 5.51 Å². The van der Waals surface area contributed by atoms with Crippen molar-refractivity contribution >= 4 is 17.2 Å². The molecule has 0 aliphatic carbocycles. The Morgan fingerprint density at radius 2 is 2.38 bits per heavy atom. The SMILES string of the molecule is Cc1cc(N=c2ncs[nH]2)ccn1. The number of hydrogen-bond donors (Lipinski definition) is 1. The Kier molecular flexibility index (Phi) is 2.18. The van der Waals surface area contributed by atoms with Crippen molar-refractivity contribution < 1.29 is 0 Å². The lowest BCUT2D eigenvalue weighted by Crippen LogP contribution is -2.02. The second kappa shape index (κ2) is 3.49. The summed E-state index contributed by atoms with van der Waals surface area (Å²) in [5.74, 6) is 0. The molecule has 0 unspecified atom stereocenters. The van der Waals surface area contributed by atoms with Crippen molar-refractivity contribution in [1.29, 1.82) is 0 Å². The normalized spacial score (nSPS) is 11.9. The molecule has 0 aliphatic heterocycles. The summed E-state index contributed by atoms with van der Waals surface area (Å²) in [6, 6.07) is 3.76. The van der Waals surface area contributed by atoms with Gasteiger partial charge in [-0.1, -0.05) is 0 Å². The number of hydrogen-bond acceptors (Lipinski definition) is 4. The Balaban J connectivity index is 2.44. The van der Waals surface area contributed by atoms with E-state index in [0.29, 0.717) is 5.62 Å². The van der Waals surface area contributed by atoms with Gasteiger partial charge in [-0.2, -0.15) is 0 Å². The van der Waals surface area contributed by atoms with Crippen molar-refractivity contribution in [2.75, 3.05) is 0 Å². The highest BCUT2D eigenvalue weighted by Crippen LogP contribution is 2.09. The molecule has 5 heteroatoms. The van der Waals surface area contributed by atoms with Gasteiger partial charge in [-0.3, -0.25) is 9.36 Å². The number of nitrogens with zero attached hydrogens (tertiary/aromatic N) is 3. The second-order valence-electron chi connectivity index (χ2n) is 2.55. The Labute approximate surface area is 79.2 Å². The zero-order valence-corrected chi connectivity index (χ0v) is 7.88. The minimum absolute atomic E-state index is 0.635. The Hall–Kier alpha value is -1.49. The van der Waals surface area contributed by atoms with E-state index in [9.17, 15) is 0 Å². The molecule has 2 aromatic rings. The molecule has 0 saturated heterocycles. The summed E-state index contributed by atoms with van der Waals surface area (Å²) in [6.45, 7) is 1.93. The van der Waals surface area contributed by atoms with Crippen molar-refractivity contribution in [3.8, 4) is 0 Å². The van der Waals surface area contributed by atoms with Crippen molar-refractivity contribution in [3.63, 3.8) is 0 Å². The minimum atomic E-state index is 0.635. The molecule has 1 N–H and O–H groups in total. The molecule has 0 atom stereocenters. The van der Waals surface area contributed by atoms with Crippen LogP contribution in [0.2, 0.25) is 0 Å². The van der Waals surface area contributed by atoms with Crippen LogP contribution in [-0.4, -0.2) is 14.3 Å². The second-order valence-corrected chi connectivity index (χ2v) is 3.20. The van der Waals surface area contributed by atoms with Gasteiger partial charge in [0.25, 0.3) is 0 Å². The molecule has 2 heterocycles. The van der Waals surface area contributed by atoms with Crippen molar-refractivity contribution in [2.24, 2.45) is 4.99 Å². The first kappa shape index (κ1) is 8.12. The molecule has 0 aromatic carbocycles. The van der Waals surface area contributed by atoms with Gasteiger partial charge in [-0.25, -0.2) is 9.98 Å². The van der Waals surface area contributed by atoms with Crippen LogP contribution in [0.1, 0.15) is 5.69 Å². The smallest absolute Gasteiger partial charge is 0.237 e. The van der Waals surface area contributed by atoms with Crippen LogP contribution in [0, 0.1) is 6.92 Å². The molecule has 0 spiro atoms. The molecule has 0 aliphatic rings. The molecule has 2 aromatic heterocycles. The van der Waals surface area contributed by atoms with E-state index in [-0.39, 0.29) is 0 Å². The molecule has 0 amide bonds. The molecule has 66 valence electrons. The van der Waals surface area contributed by atoms with Gasteiger partial charge in [0.2, 0.25) is 5.62 Å². The molecule has 2 rings (SSSR count). The maximum atomic E-state index is 4.27. The van der Waals surface area contributed by atoms with Crippen LogP contribution >= 0.6 is 11.5 Å². The van der Waals surface area contributed by atoms with Gasteiger partial charge in [-0.05, 0) is 30.6 Å². The third-order valence-electron chi connectivity index (χ3n) is 1.49. The first-order chi connectivity index (χ1) is 6.34. The van der Waals surface area contributed by atoms with Gasteiger partial charge < -0.3 is 0 Å². The lowest BCUT2D eigenvalue weighted by Gasteiger charge is -1.92. The summed E-state index contributed by atoms with van der Waals surface area (Å²) < 4.78 is 2.95. The average Bonchev–Trinajstić information content (AvgIpc) is 2.57. The summed E-state index contributed by atoms with van der Waals surface area (Å²) in [7, 11) is 0. The molecule has 0 radical (unpaired) electrons. The van der Waals surface area contributed by atoms with Crippen LogP contribution in [0.5, 0.6) is 0 Å². The van der Waals surface area contributed by atoms with Crippen LogP contribution in [0.4, 0.5) is 5.69 Å². The van der Waals surface area contributed by atoms with Crippen molar-refractivity contribution in [2.45, 2.75) is 6.92 Å². The zero-order chi connectivity index (χ0) is 9.10. The monoisotopic (exact) mass is 192 g/mol. The third kappa shape index (κ3) is 2.00. The molecule has 0 bridgehead atoms. The first-order valence-corrected chi connectivity index (χ1v) is 4.68. The predicted molar refractivity (Wildman–Crippen MR) is 50.7 cm³/mol. The Morgan fingerprint density at radius 3 is 3.08 bits per heavy atom. The van der Waals surface area contributed by atoms with E-state index < -0.39 is 0 Å². The lowest BCUT2D eigenvalue weighted by molar-refractivity contribution is 1.09. The maximum absolute atomic E-state index is 4.27. The Morgan fingerprint density at radius 1 is 1.46 bits per heavy atom. The fourth-order valence-corrected chi connectivity index (χ4v) is 1.36. The van der Waals surface area contributed by atoms with Crippen LogP contribution in [0.15, 0.2) is 28.8 Å². The van der Waals surface area contributed by atoms with E-state index in [4.69, 9.17) is 0 Å². The Bertz CT molecular complexity index is 440. The van der Waals surface area contributed by atoms with E-state index in [1.54, 1.807) is 11.7 Å². The molecular weight excluding hydrogens is 184 g/mol. The molecular formula is C8H8N4S. The first-order valence-electron chi connectivity index (χ1n) is 3.80. The number of aromatic amines is 1. The highest BCUT2D eigenvalue weighted by molar-refractivity contribution is 7.03. The maximum Gasteiger partial charge on any atom is 0.237 e. The topological polar surface area (TPSA) is 53.9 Å². The van der Waals surface area contributed by atoms with E-state index in [2.05, 4.69) is 19.3 Å². The standard InChI is InChI=1S/C8H8N4S/c1-6-4-7(2-3-9-6)11-8-10-5-13-12-8/h2-5H,1H3,(H,9,11,12). The van der Waals surface area contributed by atoms with E-state index >= 15 is 0 Å². The summed E-state index contributed by atoms with van der Waals surface area (Å²) in [6.07, 6.45) is 1.74. The quantitative estimate of drug-likeness (QED) is 0.742. The van der Waals surface area contributed by atoms with Crippen LogP contribution in [0.25, 0.3) is 0 Å². The molecule has 0 saturated carbocycles. The van der Waals surface area contributed by atoms with E-state index in [1.165, 1.54) is 11.5 Å². The number of pyridine rings is 1. The number of aryl methyl sites for hydroxylation is 1. The van der Waals surface area contributed by atoms with E-state index in [1.807, 2.05) is 19.1 Å². The van der Waals surface area contributed by atoms with Gasteiger partial charge in [-0.15, -0.1) is 0 Å². The largest absolute Gasteiger partial charge is 0.278 e. The highest BCUT2D eigenvalue weighted by atomic mass is 32.1. The van der Waals surface area contributed by atoms with Gasteiger partial charge >= 0.3 is 0 Å². The number of H-pyrrole nitrogens is 1. The predicted octanol–water partition coefficient (Wildman–Crippen LogP) is 1.41. The zero-order valence-electron chi connectivity index (χ0n) is 7.06. The van der Waals surface area contributed by atoms with Gasteiger partial charge in [0, 0.05) is 11.9 Å². The lowest BCUT2D eigenvalue weighted by atomic mass is 10.3. The van der Waals surface area contributed by atoms with Crippen LogP contribution < -0.4 is 5.62 Å². The number of rotatable bonds is 1. The highest BCUT2D eigenvalue weighted by Gasteiger charge is 1.90. The van der Waals surface area contributed by atoms with Crippen LogP contribution in [-0.2, 0) is 0 Å². The fourth-order valence-electron chi connectivity index (χ4n) is 0.956. The third-order valence-corrected chi connectivity index (χ3v) is 2.00. The molecule has 13 heavy (non-hydrogen) atoms. The molecule has 4 nitrogen and oxygen atoms in total. The summed E-state index contributed by atoms with van der Waals surface area (Å²) in [5.41, 5.74) is 4.18. The number of nitrogens with one attached hydrogen (secondary N) is 1. The summed E-state index contributed by atoms with van der Waals surface area (Å²) in [5, 5.41) is 0. The summed E-state index contributed by atoms with van der Waals surface area (Å²) >= 11 is 1.42. The van der Waals surface area contributed by atoms with Crippen molar-refractivity contribution in [3.05, 3.63) is 35.2 Å². The summed E-state index contributed by atoms with van der Waals surface area (Å²) in [4.78, 5) is 12.4. The van der Waals surface area contributed by atoms with Gasteiger partial charge in [0.15, 0.2) is 0 Å². The fraction of sp³-hybridized carbons (Fsp3) is 0.125.